The summed E-state index contributed by atoms with van der Waals surface area (Å²) in [5.74, 6) is -0.538. The van der Waals surface area contributed by atoms with E-state index in [2.05, 4.69) is 10.5 Å². The molecule has 1 amide bonds. The van der Waals surface area contributed by atoms with Gasteiger partial charge >= 0.3 is 0 Å². The molecule has 1 N–H and O–H groups in total. The second-order valence-electron chi connectivity index (χ2n) is 5.19. The van der Waals surface area contributed by atoms with Crippen molar-refractivity contribution < 1.29 is 13.7 Å². The summed E-state index contributed by atoms with van der Waals surface area (Å²) in [6.07, 6.45) is 0. The van der Waals surface area contributed by atoms with Gasteiger partial charge in [0.1, 0.15) is 11.5 Å². The summed E-state index contributed by atoms with van der Waals surface area (Å²) in [5.41, 5.74) is 2.29. The van der Waals surface area contributed by atoms with E-state index in [9.17, 15) is 9.18 Å². The highest BCUT2D eigenvalue weighted by atomic mass is 19.1. The van der Waals surface area contributed by atoms with Crippen molar-refractivity contribution in [3.05, 3.63) is 77.8 Å². The maximum absolute atomic E-state index is 12.9. The van der Waals surface area contributed by atoms with E-state index >= 15 is 0 Å². The summed E-state index contributed by atoms with van der Waals surface area (Å²) in [5, 5.41) is 6.72. The van der Waals surface area contributed by atoms with E-state index in [0.29, 0.717) is 5.69 Å². The smallest absolute Gasteiger partial charge is 0.290 e. The Bertz CT molecular complexity index is 797. The molecule has 1 heterocycles. The third-order valence-corrected chi connectivity index (χ3v) is 3.52. The van der Waals surface area contributed by atoms with Gasteiger partial charge in [0.2, 0.25) is 5.76 Å². The molecule has 0 unspecified atom stereocenters. The molecule has 116 valence electrons. The van der Waals surface area contributed by atoms with Gasteiger partial charge in [-0.15, -0.1) is 0 Å². The molecule has 5 heteroatoms. The predicted octanol–water partition coefficient (Wildman–Crippen LogP) is 3.97. The van der Waals surface area contributed by atoms with Crippen molar-refractivity contribution in [2.45, 2.75) is 13.0 Å². The molecule has 2 aromatic carbocycles. The predicted molar refractivity (Wildman–Crippen MR) is 84.2 cm³/mol. The van der Waals surface area contributed by atoms with Gasteiger partial charge in [-0.05, 0) is 24.6 Å². The zero-order valence-electron chi connectivity index (χ0n) is 12.5. The molecule has 1 atom stereocenters. The van der Waals surface area contributed by atoms with Gasteiger partial charge in [0.25, 0.3) is 5.91 Å². The monoisotopic (exact) mass is 310 g/mol. The van der Waals surface area contributed by atoms with Crippen molar-refractivity contribution in [2.24, 2.45) is 0 Å². The Morgan fingerprint density at radius 1 is 1.13 bits per heavy atom. The number of aromatic nitrogens is 1. The SMILES string of the molecule is C[C@H](NC(=O)c1cc(-c2ccccc2)no1)c1ccc(F)cc1. The average molecular weight is 310 g/mol. The Morgan fingerprint density at radius 3 is 2.52 bits per heavy atom. The van der Waals surface area contributed by atoms with Crippen LogP contribution in [0.4, 0.5) is 4.39 Å². The largest absolute Gasteiger partial charge is 0.350 e. The van der Waals surface area contributed by atoms with Crippen LogP contribution in [0.3, 0.4) is 0 Å². The second kappa shape index (κ2) is 6.44. The molecular weight excluding hydrogens is 295 g/mol. The Kier molecular flexibility index (Phi) is 4.19. The van der Waals surface area contributed by atoms with Crippen LogP contribution >= 0.6 is 0 Å². The Hall–Kier alpha value is -2.95. The number of hydrogen-bond acceptors (Lipinski definition) is 3. The molecule has 3 aromatic rings. The van der Waals surface area contributed by atoms with Crippen LogP contribution in [0.1, 0.15) is 29.1 Å². The van der Waals surface area contributed by atoms with Crippen LogP contribution in [0.2, 0.25) is 0 Å². The highest BCUT2D eigenvalue weighted by molar-refractivity contribution is 5.92. The lowest BCUT2D eigenvalue weighted by atomic mass is 10.1. The van der Waals surface area contributed by atoms with Crippen molar-refractivity contribution >= 4 is 5.91 Å². The fraction of sp³-hybridized carbons (Fsp3) is 0.111. The van der Waals surface area contributed by atoms with Crippen LogP contribution in [0.25, 0.3) is 11.3 Å². The van der Waals surface area contributed by atoms with Crippen LogP contribution < -0.4 is 5.32 Å². The third kappa shape index (κ3) is 3.45. The molecule has 0 saturated carbocycles. The molecule has 0 radical (unpaired) electrons. The number of nitrogens with zero attached hydrogens (tertiary/aromatic N) is 1. The van der Waals surface area contributed by atoms with Crippen LogP contribution in [-0.2, 0) is 0 Å². The number of carbonyl (C=O) groups is 1. The summed E-state index contributed by atoms with van der Waals surface area (Å²) in [6, 6.07) is 16.8. The summed E-state index contributed by atoms with van der Waals surface area (Å²) in [6.45, 7) is 1.82. The van der Waals surface area contributed by atoms with Crippen molar-refractivity contribution in [1.82, 2.24) is 10.5 Å². The van der Waals surface area contributed by atoms with Crippen LogP contribution in [0, 0.1) is 5.82 Å². The fourth-order valence-corrected chi connectivity index (χ4v) is 2.23. The molecule has 4 nitrogen and oxygen atoms in total. The van der Waals surface area contributed by atoms with Gasteiger partial charge in [-0.3, -0.25) is 4.79 Å². The highest BCUT2D eigenvalue weighted by Crippen LogP contribution is 2.19. The standard InChI is InChI=1S/C18H15FN2O2/c1-12(13-7-9-15(19)10-8-13)20-18(22)17-11-16(21-23-17)14-5-3-2-4-6-14/h2-12H,1H3,(H,20,22)/t12-/m0/s1. The fourth-order valence-electron chi connectivity index (χ4n) is 2.23. The van der Waals surface area contributed by atoms with Gasteiger partial charge in [-0.25, -0.2) is 4.39 Å². The maximum atomic E-state index is 12.9. The molecule has 0 spiro atoms. The normalized spacial score (nSPS) is 11.9. The lowest BCUT2D eigenvalue weighted by molar-refractivity contribution is 0.0902. The van der Waals surface area contributed by atoms with Crippen LogP contribution in [0.15, 0.2) is 65.2 Å². The molecule has 23 heavy (non-hydrogen) atoms. The first-order valence-electron chi connectivity index (χ1n) is 7.22. The number of benzene rings is 2. The van der Waals surface area contributed by atoms with Crippen LogP contribution in [-0.4, -0.2) is 11.1 Å². The summed E-state index contributed by atoms with van der Waals surface area (Å²) in [4.78, 5) is 12.2. The number of amides is 1. The molecule has 3 rings (SSSR count). The minimum atomic E-state index is -0.364. The average Bonchev–Trinajstić information content (AvgIpc) is 3.06. The number of carbonyl (C=O) groups excluding carboxylic acids is 1. The number of rotatable bonds is 4. The van der Waals surface area contributed by atoms with E-state index in [4.69, 9.17) is 4.52 Å². The maximum Gasteiger partial charge on any atom is 0.290 e. The number of halogens is 1. The lowest BCUT2D eigenvalue weighted by Crippen LogP contribution is -2.26. The molecule has 0 bridgehead atoms. The lowest BCUT2D eigenvalue weighted by Gasteiger charge is -2.12. The van der Waals surface area contributed by atoms with E-state index in [-0.39, 0.29) is 23.5 Å². The van der Waals surface area contributed by atoms with Gasteiger partial charge in [0, 0.05) is 11.6 Å². The van der Waals surface area contributed by atoms with E-state index < -0.39 is 0 Å². The first-order chi connectivity index (χ1) is 11.1. The third-order valence-electron chi connectivity index (χ3n) is 3.52. The molecule has 0 saturated heterocycles. The van der Waals surface area contributed by atoms with Gasteiger partial charge in [0.15, 0.2) is 0 Å². The zero-order valence-corrected chi connectivity index (χ0v) is 12.5. The summed E-state index contributed by atoms with van der Waals surface area (Å²) >= 11 is 0. The molecule has 0 fully saturated rings. The second-order valence-corrected chi connectivity index (χ2v) is 5.19. The van der Waals surface area contributed by atoms with Gasteiger partial charge in [0.05, 0.1) is 6.04 Å². The topological polar surface area (TPSA) is 55.1 Å². The van der Waals surface area contributed by atoms with Crippen LogP contribution in [0.5, 0.6) is 0 Å². The Morgan fingerprint density at radius 2 is 1.83 bits per heavy atom. The number of nitrogens with one attached hydrogen (secondary N) is 1. The first kappa shape index (κ1) is 15.0. The minimum absolute atomic E-state index is 0.137. The van der Waals surface area contributed by atoms with Gasteiger partial charge < -0.3 is 9.84 Å². The zero-order chi connectivity index (χ0) is 16.2. The Labute approximate surface area is 132 Å². The van der Waals surface area contributed by atoms with Gasteiger partial charge in [-0.1, -0.05) is 47.6 Å². The van der Waals surface area contributed by atoms with Crippen molar-refractivity contribution in [2.75, 3.05) is 0 Å². The van der Waals surface area contributed by atoms with Gasteiger partial charge in [-0.2, -0.15) is 0 Å². The molecule has 1 aromatic heterocycles. The van der Waals surface area contributed by atoms with E-state index in [1.807, 2.05) is 37.3 Å². The van der Waals surface area contributed by atoms with E-state index in [1.54, 1.807) is 18.2 Å². The quantitative estimate of drug-likeness (QED) is 0.793. The molecule has 0 aliphatic rings. The minimum Gasteiger partial charge on any atom is -0.350 e. The number of hydrogen-bond donors (Lipinski definition) is 1. The van der Waals surface area contributed by atoms with E-state index in [1.165, 1.54) is 12.1 Å². The van der Waals surface area contributed by atoms with E-state index in [0.717, 1.165) is 11.1 Å². The molecule has 0 aliphatic heterocycles. The summed E-state index contributed by atoms with van der Waals surface area (Å²) in [7, 11) is 0. The summed E-state index contributed by atoms with van der Waals surface area (Å²) < 4.78 is 18.0. The molecule has 0 aliphatic carbocycles. The van der Waals surface area contributed by atoms with Crippen molar-refractivity contribution in [3.8, 4) is 11.3 Å². The molecular formula is C18H15FN2O2. The van der Waals surface area contributed by atoms with Crippen molar-refractivity contribution in [1.29, 1.82) is 0 Å². The first-order valence-corrected chi connectivity index (χ1v) is 7.22. The highest BCUT2D eigenvalue weighted by Gasteiger charge is 2.17. The van der Waals surface area contributed by atoms with Crippen molar-refractivity contribution in [3.63, 3.8) is 0 Å². The Balaban J connectivity index is 1.71.